The Bertz CT molecular complexity index is 676. The maximum atomic E-state index is 12.3. The summed E-state index contributed by atoms with van der Waals surface area (Å²) in [5.41, 5.74) is -5.21. The Morgan fingerprint density at radius 1 is 1.35 bits per heavy atom. The summed E-state index contributed by atoms with van der Waals surface area (Å²) in [5, 5.41) is 0. The van der Waals surface area contributed by atoms with Crippen LogP contribution in [-0.4, -0.2) is 19.7 Å². The van der Waals surface area contributed by atoms with Gasteiger partial charge in [-0.05, 0) is 12.5 Å². The van der Waals surface area contributed by atoms with Crippen molar-refractivity contribution in [1.82, 2.24) is 0 Å². The van der Waals surface area contributed by atoms with E-state index in [1.54, 1.807) is 0 Å². The van der Waals surface area contributed by atoms with E-state index in [1.165, 1.54) is 18.2 Å². The average Bonchev–Trinajstić information content (AvgIpc) is 2.66. The van der Waals surface area contributed by atoms with Crippen LogP contribution in [0.1, 0.15) is 15.9 Å². The van der Waals surface area contributed by atoms with Crippen molar-refractivity contribution in [2.45, 2.75) is 11.9 Å². The Balaban J connectivity index is 2.44. The van der Waals surface area contributed by atoms with Crippen LogP contribution in [0.2, 0.25) is 0 Å². The number of allylic oxidation sites excluding steroid dienone is 1. The minimum atomic E-state index is -5.75. The molecule has 0 amide bonds. The molecule has 1 aliphatic carbocycles. The van der Waals surface area contributed by atoms with E-state index in [2.05, 4.69) is 10.8 Å². The maximum Gasteiger partial charge on any atom is 0.534 e. The molecule has 1 aromatic carbocycles. The van der Waals surface area contributed by atoms with Crippen LogP contribution in [0.25, 0.3) is 0 Å². The predicted molar refractivity (Wildman–Crippen MR) is 63.8 cm³/mol. The second-order valence-corrected chi connectivity index (χ2v) is 5.71. The number of fused-ring (bicyclic) bond motifs is 1. The van der Waals surface area contributed by atoms with Crippen LogP contribution in [0, 0.1) is 5.92 Å². The molecule has 0 saturated heterocycles. The molecule has 4 nitrogen and oxygen atoms in total. The van der Waals surface area contributed by atoms with Gasteiger partial charge in [0.25, 0.3) is 0 Å². The monoisotopic (exact) mass is 306 g/mol. The Hall–Kier alpha value is -1.83. The number of ketones is 1. The number of rotatable bonds is 3. The normalized spacial score (nSPS) is 18.8. The zero-order valence-corrected chi connectivity index (χ0v) is 10.8. The summed E-state index contributed by atoms with van der Waals surface area (Å²) in [6.07, 6.45) is 1.44. The van der Waals surface area contributed by atoms with Gasteiger partial charge in [-0.1, -0.05) is 18.2 Å². The fourth-order valence-electron chi connectivity index (χ4n) is 1.95. The van der Waals surface area contributed by atoms with Gasteiger partial charge in [0.05, 0.1) is 0 Å². The van der Waals surface area contributed by atoms with Gasteiger partial charge in [0, 0.05) is 17.0 Å². The molecule has 1 aromatic rings. The zero-order valence-electron chi connectivity index (χ0n) is 9.98. The van der Waals surface area contributed by atoms with E-state index in [1.807, 2.05) is 0 Å². The molecule has 0 N–H and O–H groups in total. The van der Waals surface area contributed by atoms with E-state index in [-0.39, 0.29) is 23.3 Å². The fraction of sp³-hybridized carbons (Fsp3) is 0.250. The minimum absolute atomic E-state index is 0.0707. The minimum Gasteiger partial charge on any atom is -0.376 e. The van der Waals surface area contributed by atoms with Crippen molar-refractivity contribution in [3.8, 4) is 5.75 Å². The highest BCUT2D eigenvalue weighted by Crippen LogP contribution is 2.36. The highest BCUT2D eigenvalue weighted by Gasteiger charge is 2.49. The number of alkyl halides is 3. The van der Waals surface area contributed by atoms with Crippen LogP contribution in [0.4, 0.5) is 13.2 Å². The molecule has 2 rings (SSSR count). The Kier molecular flexibility index (Phi) is 3.37. The van der Waals surface area contributed by atoms with Gasteiger partial charge < -0.3 is 4.18 Å². The molecule has 8 heteroatoms. The number of carbonyl (C=O) groups excluding carboxylic acids is 1. The molecule has 0 fully saturated rings. The summed E-state index contributed by atoms with van der Waals surface area (Å²) in [7, 11) is -5.75. The smallest absolute Gasteiger partial charge is 0.376 e. The predicted octanol–water partition coefficient (Wildman–Crippen LogP) is 2.46. The van der Waals surface area contributed by atoms with Crippen LogP contribution >= 0.6 is 0 Å². The molecular weight excluding hydrogens is 297 g/mol. The van der Waals surface area contributed by atoms with Crippen LogP contribution in [-0.2, 0) is 16.5 Å². The van der Waals surface area contributed by atoms with E-state index in [9.17, 15) is 26.4 Å². The summed E-state index contributed by atoms with van der Waals surface area (Å²) in [5.74, 6) is -1.37. The summed E-state index contributed by atoms with van der Waals surface area (Å²) in [6, 6.07) is 3.76. The lowest BCUT2D eigenvalue weighted by molar-refractivity contribution is -0.0500. The largest absolute Gasteiger partial charge is 0.534 e. The fourth-order valence-corrected chi connectivity index (χ4v) is 2.44. The van der Waals surface area contributed by atoms with Crippen LogP contribution < -0.4 is 4.18 Å². The molecule has 0 aromatic heterocycles. The van der Waals surface area contributed by atoms with Gasteiger partial charge in [0.1, 0.15) is 5.75 Å². The van der Waals surface area contributed by atoms with Gasteiger partial charge in [0.2, 0.25) is 0 Å². The second kappa shape index (κ2) is 4.62. The second-order valence-electron chi connectivity index (χ2n) is 4.18. The van der Waals surface area contributed by atoms with Crippen LogP contribution in [0.5, 0.6) is 5.75 Å². The molecule has 0 radical (unpaired) electrons. The van der Waals surface area contributed by atoms with E-state index in [0.717, 1.165) is 6.07 Å². The summed E-state index contributed by atoms with van der Waals surface area (Å²) in [4.78, 5) is 11.8. The highest BCUT2D eigenvalue weighted by molar-refractivity contribution is 7.88. The maximum absolute atomic E-state index is 12.3. The number of Topliss-reactive ketones (excluding diaryl/α,β-unsaturated/α-hetero) is 1. The standard InChI is InChI=1S/C12H9F3O4S/c1-2-7-6-9-8(11(7)16)4-3-5-10(9)19-20(17,18)12(13,14)15/h2-5,7H,1,6H2. The quantitative estimate of drug-likeness (QED) is 0.489. The zero-order chi connectivity index (χ0) is 15.1. The highest BCUT2D eigenvalue weighted by atomic mass is 32.2. The molecule has 1 atom stereocenters. The number of carbonyl (C=O) groups is 1. The van der Waals surface area contributed by atoms with Gasteiger partial charge in [0.15, 0.2) is 5.78 Å². The van der Waals surface area contributed by atoms with Crippen LogP contribution in [0.15, 0.2) is 30.9 Å². The average molecular weight is 306 g/mol. The van der Waals surface area contributed by atoms with Crippen molar-refractivity contribution in [1.29, 1.82) is 0 Å². The molecule has 1 aliphatic rings. The van der Waals surface area contributed by atoms with E-state index >= 15 is 0 Å². The molecule has 20 heavy (non-hydrogen) atoms. The van der Waals surface area contributed by atoms with Crippen molar-refractivity contribution in [2.24, 2.45) is 5.92 Å². The number of benzene rings is 1. The molecule has 1 unspecified atom stereocenters. The van der Waals surface area contributed by atoms with Gasteiger partial charge in [-0.2, -0.15) is 21.6 Å². The molecule has 0 bridgehead atoms. The van der Waals surface area contributed by atoms with Crippen molar-refractivity contribution < 1.29 is 30.6 Å². The van der Waals surface area contributed by atoms with E-state index < -0.39 is 27.3 Å². The molecule has 108 valence electrons. The molecular formula is C12H9F3O4S. The molecule has 0 heterocycles. The Morgan fingerprint density at radius 3 is 2.55 bits per heavy atom. The topological polar surface area (TPSA) is 60.4 Å². The van der Waals surface area contributed by atoms with E-state index in [4.69, 9.17) is 0 Å². The van der Waals surface area contributed by atoms with Crippen LogP contribution in [0.3, 0.4) is 0 Å². The molecule has 0 spiro atoms. The van der Waals surface area contributed by atoms with Crippen molar-refractivity contribution in [2.75, 3.05) is 0 Å². The summed E-state index contributed by atoms with van der Waals surface area (Å²) in [6.45, 7) is 3.46. The van der Waals surface area contributed by atoms with Crippen molar-refractivity contribution in [3.63, 3.8) is 0 Å². The number of halogens is 3. The lowest BCUT2D eigenvalue weighted by Crippen LogP contribution is -2.28. The first-order valence-corrected chi connectivity index (χ1v) is 6.87. The Morgan fingerprint density at radius 2 is 2.00 bits per heavy atom. The molecule has 0 saturated carbocycles. The SMILES string of the molecule is C=CC1Cc2c(OS(=O)(=O)C(F)(F)F)cccc2C1=O. The first-order chi connectivity index (χ1) is 9.17. The summed E-state index contributed by atoms with van der Waals surface area (Å²) >= 11 is 0. The van der Waals surface area contributed by atoms with Crippen molar-refractivity contribution >= 4 is 15.9 Å². The third-order valence-corrected chi connectivity index (χ3v) is 3.89. The van der Waals surface area contributed by atoms with E-state index in [0.29, 0.717) is 0 Å². The lowest BCUT2D eigenvalue weighted by Gasteiger charge is -2.11. The lowest BCUT2D eigenvalue weighted by atomic mass is 10.1. The molecule has 0 aliphatic heterocycles. The number of hydrogen-bond acceptors (Lipinski definition) is 4. The van der Waals surface area contributed by atoms with Crippen molar-refractivity contribution in [3.05, 3.63) is 42.0 Å². The van der Waals surface area contributed by atoms with Gasteiger partial charge in [-0.3, -0.25) is 4.79 Å². The summed E-state index contributed by atoms with van der Waals surface area (Å²) < 4.78 is 63.0. The Labute approximate surface area is 113 Å². The third kappa shape index (κ3) is 2.31. The third-order valence-electron chi connectivity index (χ3n) is 2.93. The first kappa shape index (κ1) is 14.6. The van der Waals surface area contributed by atoms with Gasteiger partial charge >= 0.3 is 15.6 Å². The van der Waals surface area contributed by atoms with Gasteiger partial charge in [-0.25, -0.2) is 0 Å². The number of hydrogen-bond donors (Lipinski definition) is 0. The van der Waals surface area contributed by atoms with Gasteiger partial charge in [-0.15, -0.1) is 6.58 Å². The first-order valence-electron chi connectivity index (χ1n) is 5.47.